The van der Waals surface area contributed by atoms with Crippen molar-refractivity contribution in [3.05, 3.63) is 58.6 Å². The smallest absolute Gasteiger partial charge is 0.327 e. The van der Waals surface area contributed by atoms with Gasteiger partial charge in [0, 0.05) is 16.7 Å². The number of methoxy groups -OCH3 is 2. The van der Waals surface area contributed by atoms with Crippen molar-refractivity contribution in [3.8, 4) is 11.5 Å². The van der Waals surface area contributed by atoms with E-state index >= 15 is 0 Å². The number of ether oxygens (including phenoxy) is 2. The number of carbonyl (C=O) groups is 2. The maximum absolute atomic E-state index is 12.0. The highest BCUT2D eigenvalue weighted by Crippen LogP contribution is 2.28. The third kappa shape index (κ3) is 5.29. The van der Waals surface area contributed by atoms with Crippen LogP contribution in [0, 0.1) is 0 Å². The standard InChI is InChI=1S/C18H17Cl2N3O4/c1-10(13-6-5-12(26-2)9-16(13)27-3)22-23-18(25)17(24)21-15-8-11(19)4-7-14(15)20/h4-9,22H,1H2,2-3H3,(H,21,24)(H,23,25). The average molecular weight is 410 g/mol. The first kappa shape index (κ1) is 20.4. The molecule has 0 aliphatic rings. The third-order valence-electron chi connectivity index (χ3n) is 3.44. The van der Waals surface area contributed by atoms with Gasteiger partial charge in [0.25, 0.3) is 0 Å². The molecule has 3 N–H and O–H groups in total. The Morgan fingerprint density at radius 3 is 2.37 bits per heavy atom. The van der Waals surface area contributed by atoms with Crippen molar-refractivity contribution in [3.63, 3.8) is 0 Å². The highest BCUT2D eigenvalue weighted by molar-refractivity contribution is 6.42. The monoisotopic (exact) mass is 409 g/mol. The minimum atomic E-state index is -0.945. The summed E-state index contributed by atoms with van der Waals surface area (Å²) >= 11 is 11.8. The number of anilines is 1. The van der Waals surface area contributed by atoms with Crippen molar-refractivity contribution in [2.24, 2.45) is 0 Å². The van der Waals surface area contributed by atoms with Crippen molar-refractivity contribution in [2.45, 2.75) is 0 Å². The van der Waals surface area contributed by atoms with E-state index in [-0.39, 0.29) is 10.7 Å². The maximum atomic E-state index is 12.0. The molecule has 0 unspecified atom stereocenters. The molecule has 27 heavy (non-hydrogen) atoms. The summed E-state index contributed by atoms with van der Waals surface area (Å²) < 4.78 is 10.4. The van der Waals surface area contributed by atoms with Crippen LogP contribution in [0.3, 0.4) is 0 Å². The number of hydrogen-bond acceptors (Lipinski definition) is 5. The molecule has 0 fully saturated rings. The lowest BCUT2D eigenvalue weighted by molar-refractivity contribution is -0.136. The molecule has 2 aromatic rings. The number of halogens is 2. The zero-order valence-electron chi connectivity index (χ0n) is 14.6. The minimum Gasteiger partial charge on any atom is -0.497 e. The van der Waals surface area contributed by atoms with Gasteiger partial charge in [-0.1, -0.05) is 29.8 Å². The fraction of sp³-hybridized carbons (Fsp3) is 0.111. The van der Waals surface area contributed by atoms with Crippen LogP contribution in [-0.4, -0.2) is 26.0 Å². The van der Waals surface area contributed by atoms with Gasteiger partial charge in [-0.2, -0.15) is 0 Å². The second kappa shape index (κ2) is 9.16. The quantitative estimate of drug-likeness (QED) is 0.503. The van der Waals surface area contributed by atoms with Crippen LogP contribution in [0.25, 0.3) is 5.70 Å². The molecule has 0 saturated heterocycles. The van der Waals surface area contributed by atoms with Crippen LogP contribution in [0.4, 0.5) is 5.69 Å². The number of hydrazine groups is 1. The number of carbonyl (C=O) groups excluding carboxylic acids is 2. The van der Waals surface area contributed by atoms with Gasteiger partial charge < -0.3 is 14.8 Å². The van der Waals surface area contributed by atoms with Crippen LogP contribution in [0.5, 0.6) is 11.5 Å². The van der Waals surface area contributed by atoms with Crippen LogP contribution >= 0.6 is 23.2 Å². The molecule has 0 heterocycles. The van der Waals surface area contributed by atoms with Crippen molar-refractivity contribution in [2.75, 3.05) is 19.5 Å². The van der Waals surface area contributed by atoms with E-state index in [1.165, 1.54) is 26.4 Å². The van der Waals surface area contributed by atoms with Gasteiger partial charge >= 0.3 is 11.8 Å². The Balaban J connectivity index is 1.99. The predicted molar refractivity (Wildman–Crippen MR) is 105 cm³/mol. The molecule has 9 heteroatoms. The molecule has 0 aromatic heterocycles. The molecular weight excluding hydrogens is 393 g/mol. The van der Waals surface area contributed by atoms with E-state index in [0.29, 0.717) is 27.8 Å². The normalized spacial score (nSPS) is 9.93. The lowest BCUT2D eigenvalue weighted by Crippen LogP contribution is -2.42. The van der Waals surface area contributed by atoms with Gasteiger partial charge in [-0.25, -0.2) is 0 Å². The van der Waals surface area contributed by atoms with Crippen LogP contribution in [0.1, 0.15) is 5.56 Å². The first-order valence-corrected chi connectivity index (χ1v) is 8.35. The summed E-state index contributed by atoms with van der Waals surface area (Å²) in [5.74, 6) is -0.790. The van der Waals surface area contributed by atoms with E-state index < -0.39 is 11.8 Å². The molecule has 0 spiro atoms. The second-order valence-electron chi connectivity index (χ2n) is 5.20. The zero-order valence-corrected chi connectivity index (χ0v) is 16.1. The Hall–Kier alpha value is -2.90. The molecular formula is C18H17Cl2N3O4. The van der Waals surface area contributed by atoms with Crippen molar-refractivity contribution < 1.29 is 19.1 Å². The Kier molecular flexibility index (Phi) is 6.92. The van der Waals surface area contributed by atoms with E-state index in [1.807, 2.05) is 0 Å². The van der Waals surface area contributed by atoms with Crippen molar-refractivity contribution in [1.29, 1.82) is 0 Å². The number of amides is 2. The molecule has 0 bridgehead atoms. The SMILES string of the molecule is C=C(NNC(=O)C(=O)Nc1cc(Cl)ccc1Cl)c1ccc(OC)cc1OC. The fourth-order valence-electron chi connectivity index (χ4n) is 2.08. The van der Waals surface area contributed by atoms with Crippen molar-refractivity contribution >= 4 is 46.4 Å². The van der Waals surface area contributed by atoms with Gasteiger partial charge in [0.15, 0.2) is 0 Å². The summed E-state index contributed by atoms with van der Waals surface area (Å²) in [6, 6.07) is 9.58. The van der Waals surface area contributed by atoms with E-state index in [2.05, 4.69) is 22.7 Å². The van der Waals surface area contributed by atoms with Gasteiger partial charge in [-0.05, 0) is 30.3 Å². The highest BCUT2D eigenvalue weighted by Gasteiger charge is 2.16. The number of hydrogen-bond donors (Lipinski definition) is 3. The molecule has 0 aliphatic heterocycles. The van der Waals surface area contributed by atoms with Gasteiger partial charge in [-0.15, -0.1) is 0 Å². The second-order valence-corrected chi connectivity index (χ2v) is 6.05. The lowest BCUT2D eigenvalue weighted by Gasteiger charge is -2.15. The Bertz CT molecular complexity index is 887. The molecule has 2 amide bonds. The maximum Gasteiger partial charge on any atom is 0.327 e. The van der Waals surface area contributed by atoms with Gasteiger partial charge in [-0.3, -0.25) is 20.4 Å². The molecule has 0 radical (unpaired) electrons. The Labute approximate surface area is 166 Å². The lowest BCUT2D eigenvalue weighted by atomic mass is 10.1. The molecule has 0 saturated carbocycles. The first-order valence-electron chi connectivity index (χ1n) is 7.59. The summed E-state index contributed by atoms with van der Waals surface area (Å²) in [5.41, 5.74) is 5.94. The molecule has 142 valence electrons. The largest absolute Gasteiger partial charge is 0.497 e. The summed E-state index contributed by atoms with van der Waals surface area (Å²) in [6.07, 6.45) is 0. The van der Waals surface area contributed by atoms with Crippen molar-refractivity contribution in [1.82, 2.24) is 10.9 Å². The van der Waals surface area contributed by atoms with E-state index in [4.69, 9.17) is 32.7 Å². The average Bonchev–Trinajstić information content (AvgIpc) is 2.67. The molecule has 2 aromatic carbocycles. The van der Waals surface area contributed by atoms with E-state index in [0.717, 1.165) is 0 Å². The number of nitrogens with one attached hydrogen (secondary N) is 3. The predicted octanol–water partition coefficient (Wildman–Crippen LogP) is 3.24. The van der Waals surface area contributed by atoms with Crippen LogP contribution in [0.2, 0.25) is 10.0 Å². The highest BCUT2D eigenvalue weighted by atomic mass is 35.5. The van der Waals surface area contributed by atoms with E-state index in [9.17, 15) is 9.59 Å². The van der Waals surface area contributed by atoms with Crippen LogP contribution in [0.15, 0.2) is 43.0 Å². The molecule has 2 rings (SSSR count). The summed E-state index contributed by atoms with van der Waals surface area (Å²) in [6.45, 7) is 3.81. The number of rotatable bonds is 6. The first-order chi connectivity index (χ1) is 12.8. The van der Waals surface area contributed by atoms with Gasteiger partial charge in [0.05, 0.1) is 30.6 Å². The molecule has 7 nitrogen and oxygen atoms in total. The van der Waals surface area contributed by atoms with Crippen LogP contribution in [-0.2, 0) is 9.59 Å². The Morgan fingerprint density at radius 1 is 0.963 bits per heavy atom. The van der Waals surface area contributed by atoms with Gasteiger partial charge in [0.2, 0.25) is 0 Å². The van der Waals surface area contributed by atoms with E-state index in [1.54, 1.807) is 24.3 Å². The fourth-order valence-corrected chi connectivity index (χ4v) is 2.41. The topological polar surface area (TPSA) is 88.7 Å². The molecule has 0 atom stereocenters. The zero-order chi connectivity index (χ0) is 20.0. The number of benzene rings is 2. The summed E-state index contributed by atoms with van der Waals surface area (Å²) in [4.78, 5) is 24.0. The summed E-state index contributed by atoms with van der Waals surface area (Å²) in [7, 11) is 3.03. The Morgan fingerprint density at radius 2 is 1.70 bits per heavy atom. The van der Waals surface area contributed by atoms with Crippen LogP contribution < -0.4 is 25.6 Å². The summed E-state index contributed by atoms with van der Waals surface area (Å²) in [5, 5.41) is 2.99. The van der Waals surface area contributed by atoms with Gasteiger partial charge in [0.1, 0.15) is 11.5 Å². The minimum absolute atomic E-state index is 0.222. The third-order valence-corrected chi connectivity index (χ3v) is 4.01. The molecule has 0 aliphatic carbocycles.